The largest absolute Gasteiger partial charge is 0.493 e. The lowest BCUT2D eigenvalue weighted by Gasteiger charge is -2.45. The number of β-amino-alcohol motifs (C(OH)–C–C–N with tert-alkyl or cyclic N) is 1. The van der Waals surface area contributed by atoms with Gasteiger partial charge in [0.1, 0.15) is 5.82 Å². The molecule has 2 aromatic rings. The Bertz CT molecular complexity index is 647. The van der Waals surface area contributed by atoms with Crippen molar-refractivity contribution in [3.8, 4) is 11.5 Å². The van der Waals surface area contributed by atoms with E-state index in [9.17, 15) is 5.11 Å². The number of benzene rings is 1. The smallest absolute Gasteiger partial charge is 0.161 e. The van der Waals surface area contributed by atoms with Crippen molar-refractivity contribution in [3.63, 3.8) is 0 Å². The van der Waals surface area contributed by atoms with Gasteiger partial charge in [0.2, 0.25) is 0 Å². The zero-order valence-electron chi connectivity index (χ0n) is 11.9. The second-order valence-electron chi connectivity index (χ2n) is 5.42. The SMILES string of the molecule is COc1cc2ccnc(N3CC(C)(O)C3)c2cc1OC. The van der Waals surface area contributed by atoms with E-state index in [2.05, 4.69) is 9.88 Å². The van der Waals surface area contributed by atoms with Crippen LogP contribution in [0.2, 0.25) is 0 Å². The van der Waals surface area contributed by atoms with E-state index in [1.165, 1.54) is 0 Å². The molecule has 5 nitrogen and oxygen atoms in total. The fourth-order valence-corrected chi connectivity index (χ4v) is 2.66. The Balaban J connectivity index is 2.09. The topological polar surface area (TPSA) is 54.8 Å². The van der Waals surface area contributed by atoms with Gasteiger partial charge in [-0.3, -0.25) is 0 Å². The highest BCUT2D eigenvalue weighted by molar-refractivity contribution is 5.95. The molecule has 0 atom stereocenters. The van der Waals surface area contributed by atoms with Crippen molar-refractivity contribution in [2.24, 2.45) is 0 Å². The number of rotatable bonds is 3. The van der Waals surface area contributed by atoms with Gasteiger partial charge in [-0.1, -0.05) is 0 Å². The summed E-state index contributed by atoms with van der Waals surface area (Å²) in [5.41, 5.74) is -0.625. The maximum atomic E-state index is 9.89. The van der Waals surface area contributed by atoms with Crippen LogP contribution in [0, 0.1) is 0 Å². The van der Waals surface area contributed by atoms with Crippen LogP contribution >= 0.6 is 0 Å². The van der Waals surface area contributed by atoms with Crippen molar-refractivity contribution in [2.75, 3.05) is 32.2 Å². The van der Waals surface area contributed by atoms with Gasteiger partial charge in [0.05, 0.1) is 19.8 Å². The summed E-state index contributed by atoms with van der Waals surface area (Å²) in [7, 11) is 3.24. The molecule has 1 fully saturated rings. The van der Waals surface area contributed by atoms with Gasteiger partial charge >= 0.3 is 0 Å². The van der Waals surface area contributed by atoms with Crippen LogP contribution in [0.1, 0.15) is 6.92 Å². The number of hydrogen-bond donors (Lipinski definition) is 1. The number of aliphatic hydroxyl groups is 1. The summed E-state index contributed by atoms with van der Waals surface area (Å²) in [6.45, 7) is 3.01. The predicted molar refractivity (Wildman–Crippen MR) is 77.7 cm³/mol. The third-order valence-electron chi connectivity index (χ3n) is 3.61. The van der Waals surface area contributed by atoms with Crippen LogP contribution in [-0.4, -0.2) is 43.0 Å². The Kier molecular flexibility index (Phi) is 2.94. The average Bonchev–Trinajstić information content (AvgIpc) is 2.42. The van der Waals surface area contributed by atoms with Crippen LogP contribution in [-0.2, 0) is 0 Å². The van der Waals surface area contributed by atoms with E-state index in [0.29, 0.717) is 24.6 Å². The second-order valence-corrected chi connectivity index (χ2v) is 5.42. The van der Waals surface area contributed by atoms with Crippen molar-refractivity contribution >= 4 is 16.6 Å². The summed E-state index contributed by atoms with van der Waals surface area (Å²) in [5, 5.41) is 11.9. The number of ether oxygens (including phenoxy) is 2. The van der Waals surface area contributed by atoms with E-state index in [4.69, 9.17) is 9.47 Å². The summed E-state index contributed by atoms with van der Waals surface area (Å²) in [4.78, 5) is 6.51. The molecule has 106 valence electrons. The third kappa shape index (κ3) is 2.04. The van der Waals surface area contributed by atoms with Gasteiger partial charge in [-0.15, -0.1) is 0 Å². The molecule has 0 spiro atoms. The second kappa shape index (κ2) is 4.52. The van der Waals surface area contributed by atoms with Gasteiger partial charge in [0.15, 0.2) is 11.5 Å². The highest BCUT2D eigenvalue weighted by Gasteiger charge is 2.37. The molecule has 0 unspecified atom stereocenters. The summed E-state index contributed by atoms with van der Waals surface area (Å²) in [5.74, 6) is 2.25. The normalized spacial score (nSPS) is 16.9. The van der Waals surface area contributed by atoms with E-state index >= 15 is 0 Å². The van der Waals surface area contributed by atoms with Gasteiger partial charge in [0.25, 0.3) is 0 Å². The van der Waals surface area contributed by atoms with Crippen molar-refractivity contribution in [2.45, 2.75) is 12.5 Å². The number of nitrogens with zero attached hydrogens (tertiary/aromatic N) is 2. The summed E-state index contributed by atoms with van der Waals surface area (Å²) >= 11 is 0. The predicted octanol–water partition coefficient (Wildman–Crippen LogP) is 1.82. The van der Waals surface area contributed by atoms with E-state index < -0.39 is 5.60 Å². The van der Waals surface area contributed by atoms with Gasteiger partial charge < -0.3 is 19.5 Å². The van der Waals surface area contributed by atoms with E-state index in [0.717, 1.165) is 16.6 Å². The quantitative estimate of drug-likeness (QED) is 0.925. The number of aromatic nitrogens is 1. The lowest BCUT2D eigenvalue weighted by atomic mass is 9.96. The molecule has 0 saturated carbocycles. The Morgan fingerprint density at radius 3 is 2.45 bits per heavy atom. The Morgan fingerprint density at radius 2 is 1.85 bits per heavy atom. The van der Waals surface area contributed by atoms with Crippen LogP contribution in [0.4, 0.5) is 5.82 Å². The third-order valence-corrected chi connectivity index (χ3v) is 3.61. The minimum Gasteiger partial charge on any atom is -0.493 e. The first-order valence-electron chi connectivity index (χ1n) is 6.52. The summed E-state index contributed by atoms with van der Waals surface area (Å²) in [6.07, 6.45) is 1.77. The molecule has 5 heteroatoms. The lowest BCUT2D eigenvalue weighted by Crippen LogP contribution is -2.60. The van der Waals surface area contributed by atoms with Crippen LogP contribution in [0.3, 0.4) is 0 Å². The molecule has 2 heterocycles. The van der Waals surface area contributed by atoms with Gasteiger partial charge in [0, 0.05) is 24.7 Å². The van der Waals surface area contributed by atoms with Crippen LogP contribution in [0.15, 0.2) is 24.4 Å². The first kappa shape index (κ1) is 13.0. The fraction of sp³-hybridized carbons (Fsp3) is 0.400. The molecule has 0 radical (unpaired) electrons. The zero-order chi connectivity index (χ0) is 14.3. The molecule has 1 aromatic carbocycles. The number of methoxy groups -OCH3 is 2. The maximum Gasteiger partial charge on any atom is 0.161 e. The monoisotopic (exact) mass is 274 g/mol. The van der Waals surface area contributed by atoms with Gasteiger partial charge in [-0.2, -0.15) is 0 Å². The fourth-order valence-electron chi connectivity index (χ4n) is 2.66. The van der Waals surface area contributed by atoms with Crippen LogP contribution < -0.4 is 14.4 Å². The molecule has 1 N–H and O–H groups in total. The first-order chi connectivity index (χ1) is 9.54. The highest BCUT2D eigenvalue weighted by atomic mass is 16.5. The molecule has 1 aliphatic heterocycles. The molecule has 0 aliphatic carbocycles. The van der Waals surface area contributed by atoms with Gasteiger partial charge in [-0.05, 0) is 30.5 Å². The molecule has 20 heavy (non-hydrogen) atoms. The summed E-state index contributed by atoms with van der Waals surface area (Å²) in [6, 6.07) is 5.82. The lowest BCUT2D eigenvalue weighted by molar-refractivity contribution is 0.0307. The van der Waals surface area contributed by atoms with Crippen LogP contribution in [0.25, 0.3) is 10.8 Å². The number of hydrogen-bond acceptors (Lipinski definition) is 5. The molecular formula is C15H18N2O3. The number of pyridine rings is 1. The maximum absolute atomic E-state index is 9.89. The highest BCUT2D eigenvalue weighted by Crippen LogP contribution is 2.37. The molecular weight excluding hydrogens is 256 g/mol. The van der Waals surface area contributed by atoms with Crippen LogP contribution in [0.5, 0.6) is 11.5 Å². The minimum atomic E-state index is -0.625. The Hall–Kier alpha value is -2.01. The van der Waals surface area contributed by atoms with Gasteiger partial charge in [-0.25, -0.2) is 4.98 Å². The average molecular weight is 274 g/mol. The number of fused-ring (bicyclic) bond motifs is 1. The molecule has 0 amide bonds. The van der Waals surface area contributed by atoms with Crippen molar-refractivity contribution in [3.05, 3.63) is 24.4 Å². The van der Waals surface area contributed by atoms with Crippen molar-refractivity contribution in [1.29, 1.82) is 0 Å². The molecule has 1 saturated heterocycles. The Labute approximate surface area is 117 Å². The minimum absolute atomic E-state index is 0.591. The standard InChI is InChI=1S/C15H18N2O3/c1-15(18)8-17(9-15)14-11-7-13(20-3)12(19-2)6-10(11)4-5-16-14/h4-7,18H,8-9H2,1-3H3. The number of anilines is 1. The Morgan fingerprint density at radius 1 is 1.20 bits per heavy atom. The molecule has 1 aliphatic rings. The van der Waals surface area contributed by atoms with E-state index in [1.54, 1.807) is 20.4 Å². The van der Waals surface area contributed by atoms with E-state index in [1.807, 2.05) is 25.1 Å². The van der Waals surface area contributed by atoms with Crippen molar-refractivity contribution in [1.82, 2.24) is 4.98 Å². The van der Waals surface area contributed by atoms with Crippen molar-refractivity contribution < 1.29 is 14.6 Å². The molecule has 3 rings (SSSR count). The summed E-state index contributed by atoms with van der Waals surface area (Å²) < 4.78 is 10.7. The van der Waals surface area contributed by atoms with E-state index in [-0.39, 0.29) is 0 Å². The zero-order valence-corrected chi connectivity index (χ0v) is 11.9. The first-order valence-corrected chi connectivity index (χ1v) is 6.52. The molecule has 1 aromatic heterocycles. The molecule has 0 bridgehead atoms.